The molecule has 0 amide bonds. The summed E-state index contributed by atoms with van der Waals surface area (Å²) in [7, 11) is -0.276. The van der Waals surface area contributed by atoms with E-state index >= 15 is 0 Å². The van der Waals surface area contributed by atoms with E-state index < -0.39 is 0 Å². The zero-order valence-corrected chi connectivity index (χ0v) is 13.4. The molecular formula is C16H25BN2O2. The molecule has 1 aromatic carbocycles. The summed E-state index contributed by atoms with van der Waals surface area (Å²) in [5, 5.41) is 6.94. The summed E-state index contributed by atoms with van der Waals surface area (Å²) in [5.74, 6) is 0. The predicted molar refractivity (Wildman–Crippen MR) is 85.8 cm³/mol. The maximum Gasteiger partial charge on any atom is 0.494 e. The van der Waals surface area contributed by atoms with E-state index in [1.54, 1.807) is 0 Å². The standard InChI is InChI=1S/C16H25BN2O2/c1-15(2)16(3,4)21-17(20-15)13-7-5-12(6-8-13)14-11-18-9-10-19-14/h5-8,14,18-19H,9-11H2,1-4H3. The zero-order valence-electron chi connectivity index (χ0n) is 13.4. The van der Waals surface area contributed by atoms with Crippen LogP contribution in [0.5, 0.6) is 0 Å². The lowest BCUT2D eigenvalue weighted by Crippen LogP contribution is -2.42. The zero-order chi connectivity index (χ0) is 15.1. The number of hydrogen-bond acceptors (Lipinski definition) is 4. The first-order valence-electron chi connectivity index (χ1n) is 7.79. The van der Waals surface area contributed by atoms with Crippen LogP contribution in [0.25, 0.3) is 0 Å². The number of nitrogens with one attached hydrogen (secondary N) is 2. The van der Waals surface area contributed by atoms with Gasteiger partial charge in [-0.05, 0) is 38.7 Å². The van der Waals surface area contributed by atoms with Crippen molar-refractivity contribution in [1.82, 2.24) is 10.6 Å². The van der Waals surface area contributed by atoms with E-state index in [2.05, 4.69) is 62.6 Å². The molecule has 2 fully saturated rings. The fourth-order valence-electron chi connectivity index (χ4n) is 2.75. The first kappa shape index (κ1) is 15.0. The van der Waals surface area contributed by atoms with Crippen LogP contribution in [0.1, 0.15) is 39.3 Å². The van der Waals surface area contributed by atoms with Crippen LogP contribution in [0.15, 0.2) is 24.3 Å². The molecule has 1 unspecified atom stereocenters. The molecule has 5 heteroatoms. The molecule has 21 heavy (non-hydrogen) atoms. The van der Waals surface area contributed by atoms with Crippen LogP contribution < -0.4 is 16.1 Å². The van der Waals surface area contributed by atoms with Crippen molar-refractivity contribution in [2.45, 2.75) is 44.9 Å². The van der Waals surface area contributed by atoms with E-state index in [-0.39, 0.29) is 18.3 Å². The van der Waals surface area contributed by atoms with E-state index in [9.17, 15) is 0 Å². The second-order valence-electron chi connectivity index (χ2n) is 6.97. The largest absolute Gasteiger partial charge is 0.494 e. The highest BCUT2D eigenvalue weighted by atomic mass is 16.7. The van der Waals surface area contributed by atoms with Gasteiger partial charge in [-0.25, -0.2) is 0 Å². The van der Waals surface area contributed by atoms with E-state index in [1.807, 2.05) is 0 Å². The van der Waals surface area contributed by atoms with Crippen LogP contribution in [-0.2, 0) is 9.31 Å². The normalized spacial score (nSPS) is 27.8. The Bertz CT molecular complexity index is 480. The molecule has 1 atom stereocenters. The molecule has 0 aliphatic carbocycles. The van der Waals surface area contributed by atoms with Crippen molar-refractivity contribution in [3.8, 4) is 0 Å². The van der Waals surface area contributed by atoms with Crippen molar-refractivity contribution in [2.24, 2.45) is 0 Å². The van der Waals surface area contributed by atoms with Crippen LogP contribution in [0.3, 0.4) is 0 Å². The Morgan fingerprint density at radius 2 is 1.62 bits per heavy atom. The number of piperazine rings is 1. The van der Waals surface area contributed by atoms with Gasteiger partial charge in [0.2, 0.25) is 0 Å². The number of rotatable bonds is 2. The third-order valence-corrected chi connectivity index (χ3v) is 4.91. The van der Waals surface area contributed by atoms with Gasteiger partial charge in [0.25, 0.3) is 0 Å². The number of benzene rings is 1. The van der Waals surface area contributed by atoms with Crippen LogP contribution in [0.4, 0.5) is 0 Å². The minimum absolute atomic E-state index is 0.276. The summed E-state index contributed by atoms with van der Waals surface area (Å²) in [6, 6.07) is 8.98. The topological polar surface area (TPSA) is 42.5 Å². The van der Waals surface area contributed by atoms with Gasteiger partial charge in [-0.1, -0.05) is 24.3 Å². The minimum atomic E-state index is -0.287. The van der Waals surface area contributed by atoms with E-state index in [0.29, 0.717) is 6.04 Å². The molecule has 114 valence electrons. The SMILES string of the molecule is CC1(C)OB(c2ccc(C3CNCCN3)cc2)OC1(C)C. The Balaban J connectivity index is 1.73. The van der Waals surface area contributed by atoms with Crippen molar-refractivity contribution in [2.75, 3.05) is 19.6 Å². The molecule has 3 rings (SSSR count). The van der Waals surface area contributed by atoms with Gasteiger partial charge in [0.1, 0.15) is 0 Å². The lowest BCUT2D eigenvalue weighted by atomic mass is 9.78. The smallest absolute Gasteiger partial charge is 0.399 e. The Morgan fingerprint density at radius 1 is 1.00 bits per heavy atom. The van der Waals surface area contributed by atoms with Crippen molar-refractivity contribution in [3.63, 3.8) is 0 Å². The average Bonchev–Trinajstić information content (AvgIpc) is 2.69. The summed E-state index contributed by atoms with van der Waals surface area (Å²) < 4.78 is 12.2. The number of hydrogen-bond donors (Lipinski definition) is 2. The Hall–Kier alpha value is -0.875. The molecule has 2 aliphatic rings. The monoisotopic (exact) mass is 288 g/mol. The predicted octanol–water partition coefficient (Wildman–Crippen LogP) is 1.22. The first-order valence-corrected chi connectivity index (χ1v) is 7.79. The fourth-order valence-corrected chi connectivity index (χ4v) is 2.75. The van der Waals surface area contributed by atoms with Crippen LogP contribution in [-0.4, -0.2) is 38.0 Å². The van der Waals surface area contributed by atoms with Gasteiger partial charge in [-0.3, -0.25) is 0 Å². The molecule has 1 aromatic rings. The van der Waals surface area contributed by atoms with Crippen LogP contribution in [0, 0.1) is 0 Å². The molecule has 0 saturated carbocycles. The molecule has 0 bridgehead atoms. The van der Waals surface area contributed by atoms with Gasteiger partial charge in [-0.15, -0.1) is 0 Å². The van der Waals surface area contributed by atoms with Crippen molar-refractivity contribution in [3.05, 3.63) is 29.8 Å². The van der Waals surface area contributed by atoms with Gasteiger partial charge in [0.15, 0.2) is 0 Å². The molecule has 0 aromatic heterocycles. The summed E-state index contributed by atoms with van der Waals surface area (Å²) in [6.07, 6.45) is 0. The second-order valence-corrected chi connectivity index (χ2v) is 6.97. The third-order valence-electron chi connectivity index (χ3n) is 4.91. The summed E-state index contributed by atoms with van der Waals surface area (Å²) >= 11 is 0. The Kier molecular flexibility index (Phi) is 3.86. The maximum absolute atomic E-state index is 6.09. The second kappa shape index (κ2) is 5.40. The van der Waals surface area contributed by atoms with E-state index in [4.69, 9.17) is 9.31 Å². The Labute approximate surface area is 127 Å². The third kappa shape index (κ3) is 2.88. The van der Waals surface area contributed by atoms with E-state index in [1.165, 1.54) is 5.56 Å². The van der Waals surface area contributed by atoms with Crippen molar-refractivity contribution >= 4 is 12.6 Å². The minimum Gasteiger partial charge on any atom is -0.399 e. The van der Waals surface area contributed by atoms with Crippen LogP contribution >= 0.6 is 0 Å². The molecule has 2 saturated heterocycles. The summed E-state index contributed by atoms with van der Waals surface area (Å²) in [4.78, 5) is 0. The average molecular weight is 288 g/mol. The van der Waals surface area contributed by atoms with Gasteiger partial charge >= 0.3 is 7.12 Å². The molecule has 4 nitrogen and oxygen atoms in total. The molecular weight excluding hydrogens is 263 g/mol. The molecule has 2 aliphatic heterocycles. The first-order chi connectivity index (χ1) is 9.89. The molecule has 0 spiro atoms. The lowest BCUT2D eigenvalue weighted by molar-refractivity contribution is 0.00578. The van der Waals surface area contributed by atoms with Crippen LogP contribution in [0.2, 0.25) is 0 Å². The molecule has 2 N–H and O–H groups in total. The summed E-state index contributed by atoms with van der Waals surface area (Å²) in [6.45, 7) is 11.4. The quantitative estimate of drug-likeness (QED) is 0.803. The fraction of sp³-hybridized carbons (Fsp3) is 0.625. The Morgan fingerprint density at radius 3 is 2.14 bits per heavy atom. The molecule has 2 heterocycles. The highest BCUT2D eigenvalue weighted by molar-refractivity contribution is 6.62. The summed E-state index contributed by atoms with van der Waals surface area (Å²) in [5.41, 5.74) is 1.82. The highest BCUT2D eigenvalue weighted by Crippen LogP contribution is 2.36. The van der Waals surface area contributed by atoms with E-state index in [0.717, 1.165) is 25.1 Å². The van der Waals surface area contributed by atoms with Gasteiger partial charge in [0, 0.05) is 25.7 Å². The van der Waals surface area contributed by atoms with Crippen molar-refractivity contribution in [1.29, 1.82) is 0 Å². The van der Waals surface area contributed by atoms with Gasteiger partial charge in [0.05, 0.1) is 11.2 Å². The highest BCUT2D eigenvalue weighted by Gasteiger charge is 2.51. The van der Waals surface area contributed by atoms with Crippen molar-refractivity contribution < 1.29 is 9.31 Å². The maximum atomic E-state index is 6.09. The van der Waals surface area contributed by atoms with Gasteiger partial charge in [-0.2, -0.15) is 0 Å². The van der Waals surface area contributed by atoms with Gasteiger partial charge < -0.3 is 19.9 Å². The molecule has 0 radical (unpaired) electrons. The lowest BCUT2D eigenvalue weighted by Gasteiger charge is -2.32.